The van der Waals surface area contributed by atoms with Gasteiger partial charge in [-0.3, -0.25) is 4.79 Å². The van der Waals surface area contributed by atoms with Crippen molar-refractivity contribution in [3.8, 4) is 5.69 Å². The maximum Gasteiger partial charge on any atom is 0.250 e. The molecule has 0 aliphatic carbocycles. The van der Waals surface area contributed by atoms with Gasteiger partial charge in [0.2, 0.25) is 11.9 Å². The highest BCUT2D eigenvalue weighted by atomic mass is 16.5. The van der Waals surface area contributed by atoms with E-state index in [9.17, 15) is 4.79 Å². The number of benzene rings is 1. The first kappa shape index (κ1) is 17.2. The van der Waals surface area contributed by atoms with Crippen LogP contribution in [0.5, 0.6) is 0 Å². The predicted molar refractivity (Wildman–Crippen MR) is 98.7 cm³/mol. The maximum atomic E-state index is 12.4. The first-order valence-electron chi connectivity index (χ1n) is 8.95. The molecule has 1 fully saturated rings. The molecule has 4 rings (SSSR count). The summed E-state index contributed by atoms with van der Waals surface area (Å²) in [6, 6.07) is 9.76. The minimum absolute atomic E-state index is 0.0268. The molecule has 1 amide bonds. The number of hydrogen-bond donors (Lipinski definition) is 1. The Morgan fingerprint density at radius 3 is 2.59 bits per heavy atom. The molecule has 0 saturated carbocycles. The molecule has 1 aliphatic heterocycles. The number of piperidine rings is 1. The average molecular weight is 367 g/mol. The van der Waals surface area contributed by atoms with E-state index in [0.29, 0.717) is 30.6 Å². The Morgan fingerprint density at radius 1 is 1.19 bits per heavy atom. The van der Waals surface area contributed by atoms with E-state index in [1.165, 1.54) is 5.56 Å². The summed E-state index contributed by atoms with van der Waals surface area (Å²) < 4.78 is 6.72. The summed E-state index contributed by atoms with van der Waals surface area (Å²) in [5.74, 6) is 1.74. The lowest BCUT2D eigenvalue weighted by molar-refractivity contribution is -0.120. The standard InChI is InChI=1S/C18H21N7O2/c1-12-3-5-15(6-4-12)25-18(20-22-23-25)24-9-7-14(8-10-24)17(26)19-16-11-13(2)27-21-16/h3-6,11,14H,7-10H2,1-2H3,(H,19,21,26). The van der Waals surface area contributed by atoms with Crippen molar-refractivity contribution in [1.82, 2.24) is 25.4 Å². The highest BCUT2D eigenvalue weighted by Crippen LogP contribution is 2.24. The molecule has 0 atom stereocenters. The average Bonchev–Trinajstić information content (AvgIpc) is 3.32. The number of aryl methyl sites for hydroxylation is 2. The highest BCUT2D eigenvalue weighted by Gasteiger charge is 2.28. The molecule has 1 aromatic carbocycles. The number of carbonyl (C=O) groups excluding carboxylic acids is 1. The molecule has 0 bridgehead atoms. The van der Waals surface area contributed by atoms with Gasteiger partial charge in [0.1, 0.15) is 5.76 Å². The zero-order valence-corrected chi connectivity index (χ0v) is 15.3. The number of rotatable bonds is 4. The fourth-order valence-electron chi connectivity index (χ4n) is 3.23. The van der Waals surface area contributed by atoms with E-state index in [4.69, 9.17) is 4.52 Å². The quantitative estimate of drug-likeness (QED) is 0.753. The van der Waals surface area contributed by atoms with Crippen LogP contribution in [0, 0.1) is 19.8 Å². The van der Waals surface area contributed by atoms with Gasteiger partial charge < -0.3 is 14.7 Å². The van der Waals surface area contributed by atoms with Crippen molar-refractivity contribution in [2.45, 2.75) is 26.7 Å². The molecule has 9 nitrogen and oxygen atoms in total. The van der Waals surface area contributed by atoms with Crippen LogP contribution in [-0.4, -0.2) is 44.4 Å². The first-order valence-corrected chi connectivity index (χ1v) is 8.95. The van der Waals surface area contributed by atoms with Crippen molar-refractivity contribution in [2.75, 3.05) is 23.3 Å². The smallest absolute Gasteiger partial charge is 0.250 e. The number of hydrogen-bond acceptors (Lipinski definition) is 7. The summed E-state index contributed by atoms with van der Waals surface area (Å²) >= 11 is 0. The number of amides is 1. The van der Waals surface area contributed by atoms with E-state index in [1.807, 2.05) is 31.2 Å². The van der Waals surface area contributed by atoms with Crippen LogP contribution >= 0.6 is 0 Å². The number of tetrazole rings is 1. The highest BCUT2D eigenvalue weighted by molar-refractivity contribution is 5.91. The topological polar surface area (TPSA) is 102 Å². The van der Waals surface area contributed by atoms with Crippen LogP contribution in [0.3, 0.4) is 0 Å². The Bertz CT molecular complexity index is 923. The Labute approximate surface area is 156 Å². The van der Waals surface area contributed by atoms with Gasteiger partial charge in [0.05, 0.1) is 5.69 Å². The molecule has 3 heterocycles. The van der Waals surface area contributed by atoms with Crippen LogP contribution < -0.4 is 10.2 Å². The van der Waals surface area contributed by atoms with Gasteiger partial charge in [-0.05, 0) is 49.2 Å². The molecule has 0 spiro atoms. The largest absolute Gasteiger partial charge is 0.360 e. The van der Waals surface area contributed by atoms with Gasteiger partial charge in [0, 0.05) is 25.1 Å². The normalized spacial score (nSPS) is 15.1. The van der Waals surface area contributed by atoms with Gasteiger partial charge >= 0.3 is 0 Å². The summed E-state index contributed by atoms with van der Waals surface area (Å²) in [7, 11) is 0. The second kappa shape index (κ2) is 7.18. The number of aromatic nitrogens is 5. The van der Waals surface area contributed by atoms with Crippen molar-refractivity contribution < 1.29 is 9.32 Å². The van der Waals surface area contributed by atoms with Gasteiger partial charge in [-0.1, -0.05) is 28.0 Å². The van der Waals surface area contributed by atoms with Crippen molar-refractivity contribution in [3.63, 3.8) is 0 Å². The summed E-state index contributed by atoms with van der Waals surface area (Å²) in [6.07, 6.45) is 1.45. The van der Waals surface area contributed by atoms with E-state index in [0.717, 1.165) is 18.5 Å². The second-order valence-corrected chi connectivity index (χ2v) is 6.80. The Hall–Kier alpha value is -3.23. The Kier molecular flexibility index (Phi) is 4.57. The lowest BCUT2D eigenvalue weighted by Gasteiger charge is -2.31. The number of anilines is 2. The SMILES string of the molecule is Cc1ccc(-n2nnnc2N2CCC(C(=O)Nc3cc(C)on3)CC2)cc1. The van der Waals surface area contributed by atoms with Crippen LogP contribution in [0.25, 0.3) is 5.69 Å². The summed E-state index contributed by atoms with van der Waals surface area (Å²) in [6.45, 7) is 5.25. The fraction of sp³-hybridized carbons (Fsp3) is 0.389. The predicted octanol–water partition coefficient (Wildman–Crippen LogP) is 2.12. The Balaban J connectivity index is 1.40. The number of nitrogens with one attached hydrogen (secondary N) is 1. The van der Waals surface area contributed by atoms with Crippen LogP contribution in [0.15, 0.2) is 34.9 Å². The minimum Gasteiger partial charge on any atom is -0.360 e. The lowest BCUT2D eigenvalue weighted by Crippen LogP contribution is -2.39. The van der Waals surface area contributed by atoms with E-state index in [-0.39, 0.29) is 11.8 Å². The van der Waals surface area contributed by atoms with Gasteiger partial charge in [-0.25, -0.2) is 0 Å². The van der Waals surface area contributed by atoms with Gasteiger partial charge in [-0.15, -0.1) is 0 Å². The maximum absolute atomic E-state index is 12.4. The van der Waals surface area contributed by atoms with Crippen LogP contribution in [0.4, 0.5) is 11.8 Å². The number of nitrogens with zero attached hydrogens (tertiary/aromatic N) is 6. The minimum atomic E-state index is -0.0676. The molecule has 0 unspecified atom stereocenters. The van der Waals surface area contributed by atoms with E-state index in [1.54, 1.807) is 17.7 Å². The fourth-order valence-corrected chi connectivity index (χ4v) is 3.23. The van der Waals surface area contributed by atoms with E-state index < -0.39 is 0 Å². The molecule has 0 radical (unpaired) electrons. The molecule has 3 aromatic rings. The molecule has 140 valence electrons. The molecule has 27 heavy (non-hydrogen) atoms. The molecule has 9 heteroatoms. The summed E-state index contributed by atoms with van der Waals surface area (Å²) in [5, 5.41) is 18.8. The van der Waals surface area contributed by atoms with Gasteiger partial charge in [0.15, 0.2) is 5.82 Å². The third kappa shape index (κ3) is 3.67. The van der Waals surface area contributed by atoms with Crippen LogP contribution in [0.1, 0.15) is 24.2 Å². The van der Waals surface area contributed by atoms with Crippen molar-refractivity contribution in [3.05, 3.63) is 41.7 Å². The monoisotopic (exact) mass is 367 g/mol. The van der Waals surface area contributed by atoms with Crippen molar-refractivity contribution >= 4 is 17.7 Å². The summed E-state index contributed by atoms with van der Waals surface area (Å²) in [5.41, 5.74) is 2.10. The van der Waals surface area contributed by atoms with E-state index >= 15 is 0 Å². The van der Waals surface area contributed by atoms with Gasteiger partial charge in [0.25, 0.3) is 0 Å². The third-order valence-corrected chi connectivity index (χ3v) is 4.76. The first-order chi connectivity index (χ1) is 13.1. The van der Waals surface area contributed by atoms with Crippen LogP contribution in [-0.2, 0) is 4.79 Å². The Morgan fingerprint density at radius 2 is 1.93 bits per heavy atom. The molecular weight excluding hydrogens is 346 g/mol. The third-order valence-electron chi connectivity index (χ3n) is 4.76. The van der Waals surface area contributed by atoms with Crippen LogP contribution in [0.2, 0.25) is 0 Å². The zero-order valence-electron chi connectivity index (χ0n) is 15.3. The second-order valence-electron chi connectivity index (χ2n) is 6.80. The molecule has 1 aliphatic rings. The summed E-state index contributed by atoms with van der Waals surface area (Å²) in [4.78, 5) is 14.5. The van der Waals surface area contributed by atoms with Crippen molar-refractivity contribution in [1.29, 1.82) is 0 Å². The molecule has 1 N–H and O–H groups in total. The zero-order chi connectivity index (χ0) is 18.8. The molecule has 2 aromatic heterocycles. The molecular formula is C18H21N7O2. The molecule has 1 saturated heterocycles. The number of carbonyl (C=O) groups is 1. The van der Waals surface area contributed by atoms with Crippen molar-refractivity contribution in [2.24, 2.45) is 5.92 Å². The lowest BCUT2D eigenvalue weighted by atomic mass is 9.96. The van der Waals surface area contributed by atoms with E-state index in [2.05, 4.69) is 30.9 Å². The van der Waals surface area contributed by atoms with Gasteiger partial charge in [-0.2, -0.15) is 4.68 Å².